The standard InChI is InChI=1S/C21H26N4O3/c26-19-4-3-18(20(27)23-19)25-11-15-2-1-13(9-16(15)21(25)28)10-24-8-6-14-5-7-22-17(14)12-24/h1-2,9,14,17-18,22H,3-8,10-12H2,(H,23,26,27)/t14-,17+,18?/m1/s1. The Labute approximate surface area is 164 Å². The zero-order chi connectivity index (χ0) is 19.3. The molecule has 4 heterocycles. The van der Waals surface area contributed by atoms with Crippen LogP contribution < -0.4 is 10.6 Å². The monoisotopic (exact) mass is 382 g/mol. The summed E-state index contributed by atoms with van der Waals surface area (Å²) in [5.74, 6) is 0.111. The second-order valence-corrected chi connectivity index (χ2v) is 8.52. The summed E-state index contributed by atoms with van der Waals surface area (Å²) < 4.78 is 0. The fourth-order valence-corrected chi connectivity index (χ4v) is 5.20. The van der Waals surface area contributed by atoms with Crippen LogP contribution in [0.5, 0.6) is 0 Å². The minimum Gasteiger partial charge on any atom is -0.322 e. The van der Waals surface area contributed by atoms with Crippen molar-refractivity contribution in [3.8, 4) is 0 Å². The Hall–Kier alpha value is -2.25. The molecule has 3 saturated heterocycles. The molecular formula is C21H26N4O3. The third-order valence-corrected chi connectivity index (χ3v) is 6.76. The lowest BCUT2D eigenvalue weighted by Gasteiger charge is -2.35. The third-order valence-electron chi connectivity index (χ3n) is 6.76. The predicted molar refractivity (Wildman–Crippen MR) is 102 cm³/mol. The molecule has 0 aliphatic carbocycles. The molecule has 3 atom stereocenters. The van der Waals surface area contributed by atoms with Gasteiger partial charge in [-0.25, -0.2) is 0 Å². The van der Waals surface area contributed by atoms with Crippen LogP contribution in [0.15, 0.2) is 18.2 Å². The highest BCUT2D eigenvalue weighted by atomic mass is 16.2. The van der Waals surface area contributed by atoms with Crippen LogP contribution in [0.2, 0.25) is 0 Å². The Bertz CT molecular complexity index is 839. The number of hydrogen-bond acceptors (Lipinski definition) is 5. The number of carbonyl (C=O) groups excluding carboxylic acids is 3. The molecule has 148 valence electrons. The first-order valence-corrected chi connectivity index (χ1v) is 10.3. The summed E-state index contributed by atoms with van der Waals surface area (Å²) in [6.07, 6.45) is 3.22. The molecular weight excluding hydrogens is 356 g/mol. The van der Waals surface area contributed by atoms with Gasteiger partial charge >= 0.3 is 0 Å². The van der Waals surface area contributed by atoms with Crippen molar-refractivity contribution in [3.05, 3.63) is 34.9 Å². The number of hydrogen-bond donors (Lipinski definition) is 2. The zero-order valence-electron chi connectivity index (χ0n) is 15.9. The average molecular weight is 382 g/mol. The normalized spacial score (nSPS) is 30.4. The van der Waals surface area contributed by atoms with Gasteiger partial charge in [0.05, 0.1) is 0 Å². The number of piperidine rings is 2. The van der Waals surface area contributed by atoms with Gasteiger partial charge in [-0.3, -0.25) is 24.6 Å². The number of likely N-dealkylation sites (tertiary alicyclic amines) is 1. The van der Waals surface area contributed by atoms with Crippen molar-refractivity contribution in [2.45, 2.75) is 50.9 Å². The first-order valence-electron chi connectivity index (χ1n) is 10.3. The maximum absolute atomic E-state index is 13.0. The molecule has 1 aromatic carbocycles. The lowest BCUT2D eigenvalue weighted by atomic mass is 9.92. The van der Waals surface area contributed by atoms with Gasteiger partial charge in [0.2, 0.25) is 11.8 Å². The molecule has 4 aliphatic rings. The van der Waals surface area contributed by atoms with Crippen molar-refractivity contribution in [1.29, 1.82) is 0 Å². The molecule has 0 saturated carbocycles. The number of fused-ring (bicyclic) bond motifs is 2. The van der Waals surface area contributed by atoms with Gasteiger partial charge in [-0.15, -0.1) is 0 Å². The van der Waals surface area contributed by atoms with Crippen LogP contribution in [-0.4, -0.2) is 59.2 Å². The fourth-order valence-electron chi connectivity index (χ4n) is 5.20. The summed E-state index contributed by atoms with van der Waals surface area (Å²) in [5.41, 5.74) is 2.82. The number of amides is 3. The summed E-state index contributed by atoms with van der Waals surface area (Å²) in [6, 6.07) is 6.18. The van der Waals surface area contributed by atoms with E-state index in [-0.39, 0.29) is 24.1 Å². The molecule has 0 bridgehead atoms. The summed E-state index contributed by atoms with van der Waals surface area (Å²) in [4.78, 5) is 40.6. The molecule has 0 radical (unpaired) electrons. The zero-order valence-corrected chi connectivity index (χ0v) is 15.9. The van der Waals surface area contributed by atoms with Crippen molar-refractivity contribution in [2.24, 2.45) is 5.92 Å². The van der Waals surface area contributed by atoms with Crippen LogP contribution in [0.4, 0.5) is 0 Å². The summed E-state index contributed by atoms with van der Waals surface area (Å²) in [7, 11) is 0. The Kier molecular flexibility index (Phi) is 4.44. The minimum absolute atomic E-state index is 0.0949. The molecule has 5 rings (SSSR count). The first-order chi connectivity index (χ1) is 13.6. The summed E-state index contributed by atoms with van der Waals surface area (Å²) in [5, 5.41) is 5.96. The molecule has 4 aliphatic heterocycles. The molecule has 3 fully saturated rings. The highest BCUT2D eigenvalue weighted by molar-refractivity contribution is 6.05. The van der Waals surface area contributed by atoms with Crippen LogP contribution in [0, 0.1) is 5.92 Å². The van der Waals surface area contributed by atoms with Crippen molar-refractivity contribution in [2.75, 3.05) is 19.6 Å². The molecule has 0 spiro atoms. The SMILES string of the molecule is O=C1CCC(N2Cc3ccc(CN4CC[C@H]5CCN[C@H]5C4)cc3C2=O)C(=O)N1. The topological polar surface area (TPSA) is 81.8 Å². The van der Waals surface area contributed by atoms with E-state index < -0.39 is 6.04 Å². The maximum Gasteiger partial charge on any atom is 0.255 e. The smallest absolute Gasteiger partial charge is 0.255 e. The Morgan fingerprint density at radius 2 is 2.00 bits per heavy atom. The molecule has 0 aromatic heterocycles. The quantitative estimate of drug-likeness (QED) is 0.750. The van der Waals surface area contributed by atoms with Gasteiger partial charge in [-0.2, -0.15) is 0 Å². The second-order valence-electron chi connectivity index (χ2n) is 8.52. The Morgan fingerprint density at radius 3 is 2.86 bits per heavy atom. The van der Waals surface area contributed by atoms with E-state index in [1.54, 1.807) is 4.90 Å². The Balaban J connectivity index is 1.28. The number of imide groups is 1. The molecule has 7 nitrogen and oxygen atoms in total. The van der Waals surface area contributed by atoms with Crippen LogP contribution in [-0.2, 0) is 22.7 Å². The first kappa shape index (κ1) is 17.8. The highest BCUT2D eigenvalue weighted by Gasteiger charge is 2.39. The number of nitrogens with one attached hydrogen (secondary N) is 2. The van der Waals surface area contributed by atoms with E-state index in [1.807, 2.05) is 12.1 Å². The Morgan fingerprint density at radius 1 is 1.11 bits per heavy atom. The molecule has 1 aromatic rings. The number of nitrogens with zero attached hydrogens (tertiary/aromatic N) is 2. The summed E-state index contributed by atoms with van der Waals surface area (Å²) in [6.45, 7) is 4.60. The third kappa shape index (κ3) is 3.12. The van der Waals surface area contributed by atoms with E-state index in [0.29, 0.717) is 24.6 Å². The largest absolute Gasteiger partial charge is 0.322 e. The van der Waals surface area contributed by atoms with Gasteiger partial charge in [0.1, 0.15) is 6.04 Å². The van der Waals surface area contributed by atoms with E-state index in [1.165, 1.54) is 12.8 Å². The average Bonchev–Trinajstić information content (AvgIpc) is 3.26. The van der Waals surface area contributed by atoms with Gasteiger partial charge < -0.3 is 10.2 Å². The minimum atomic E-state index is -0.548. The van der Waals surface area contributed by atoms with Crippen molar-refractivity contribution in [3.63, 3.8) is 0 Å². The van der Waals surface area contributed by atoms with E-state index in [9.17, 15) is 14.4 Å². The second kappa shape index (κ2) is 6.97. The van der Waals surface area contributed by atoms with E-state index >= 15 is 0 Å². The molecule has 7 heteroatoms. The van der Waals surface area contributed by atoms with E-state index in [4.69, 9.17) is 0 Å². The lowest BCUT2D eigenvalue weighted by molar-refractivity contribution is -0.136. The molecule has 2 N–H and O–H groups in total. The van der Waals surface area contributed by atoms with Crippen molar-refractivity contribution >= 4 is 17.7 Å². The van der Waals surface area contributed by atoms with E-state index in [0.717, 1.165) is 43.2 Å². The number of benzene rings is 1. The van der Waals surface area contributed by atoms with Crippen LogP contribution in [0.3, 0.4) is 0 Å². The molecule has 28 heavy (non-hydrogen) atoms. The lowest BCUT2D eigenvalue weighted by Crippen LogP contribution is -2.52. The number of carbonyl (C=O) groups is 3. The maximum atomic E-state index is 13.0. The van der Waals surface area contributed by atoms with Gasteiger partial charge in [0.25, 0.3) is 5.91 Å². The number of rotatable bonds is 3. The summed E-state index contributed by atoms with van der Waals surface area (Å²) >= 11 is 0. The van der Waals surface area contributed by atoms with Gasteiger partial charge in [0.15, 0.2) is 0 Å². The highest BCUT2D eigenvalue weighted by Crippen LogP contribution is 2.30. The van der Waals surface area contributed by atoms with Crippen molar-refractivity contribution in [1.82, 2.24) is 20.4 Å². The fraction of sp³-hybridized carbons (Fsp3) is 0.571. The van der Waals surface area contributed by atoms with Crippen LogP contribution >= 0.6 is 0 Å². The van der Waals surface area contributed by atoms with Crippen LogP contribution in [0.25, 0.3) is 0 Å². The van der Waals surface area contributed by atoms with Crippen molar-refractivity contribution < 1.29 is 14.4 Å². The van der Waals surface area contributed by atoms with Gasteiger partial charge in [-0.1, -0.05) is 12.1 Å². The van der Waals surface area contributed by atoms with Gasteiger partial charge in [-0.05, 0) is 55.5 Å². The molecule has 1 unspecified atom stereocenters. The van der Waals surface area contributed by atoms with Gasteiger partial charge in [0, 0.05) is 37.7 Å². The molecule has 3 amide bonds. The predicted octanol–water partition coefficient (Wildman–Crippen LogP) is 0.631. The van der Waals surface area contributed by atoms with Crippen LogP contribution in [0.1, 0.15) is 47.2 Å². The van der Waals surface area contributed by atoms with E-state index in [2.05, 4.69) is 21.6 Å².